The molecular weight excluding hydrogens is 188 g/mol. The second kappa shape index (κ2) is 3.26. The van der Waals surface area contributed by atoms with E-state index in [4.69, 9.17) is 21.1 Å². The molecule has 1 aliphatic heterocycles. The topological polar surface area (TPSA) is 18.5 Å². The van der Waals surface area contributed by atoms with E-state index in [-0.39, 0.29) is 12.2 Å². The van der Waals surface area contributed by atoms with Crippen molar-refractivity contribution in [1.82, 2.24) is 0 Å². The van der Waals surface area contributed by atoms with E-state index in [0.717, 1.165) is 24.3 Å². The lowest BCUT2D eigenvalue weighted by atomic mass is 10.0. The molecular formula is C10H15ClO2. The quantitative estimate of drug-likeness (QED) is 0.602. The average molecular weight is 203 g/mol. The molecule has 1 spiro atoms. The van der Waals surface area contributed by atoms with Crippen LogP contribution in [0.1, 0.15) is 33.1 Å². The van der Waals surface area contributed by atoms with Crippen LogP contribution in [0.15, 0.2) is 11.1 Å². The molecule has 0 aromatic carbocycles. The Labute approximate surface area is 83.9 Å². The lowest BCUT2D eigenvalue weighted by molar-refractivity contribution is -0.142. The average Bonchev–Trinajstić information content (AvgIpc) is 2.26. The Hall–Kier alpha value is -0.0500. The van der Waals surface area contributed by atoms with Crippen molar-refractivity contribution in [3.05, 3.63) is 11.1 Å². The molecule has 1 heterocycles. The van der Waals surface area contributed by atoms with E-state index in [9.17, 15) is 0 Å². The standard InChI is InChI=1S/C10H15ClO2/c1-7-8(2)13-10(12-7)5-3-4-9(11)6-10/h6-8H,3-5H2,1-2H3/t7-,8-/m1/s1. The highest BCUT2D eigenvalue weighted by molar-refractivity contribution is 6.29. The van der Waals surface area contributed by atoms with Gasteiger partial charge in [-0.25, -0.2) is 0 Å². The number of ether oxygens (including phenoxy) is 2. The fourth-order valence-corrected chi connectivity index (χ4v) is 2.22. The van der Waals surface area contributed by atoms with Gasteiger partial charge in [0.15, 0.2) is 5.79 Å². The minimum atomic E-state index is -0.506. The summed E-state index contributed by atoms with van der Waals surface area (Å²) in [6.45, 7) is 4.07. The van der Waals surface area contributed by atoms with Gasteiger partial charge >= 0.3 is 0 Å². The summed E-state index contributed by atoms with van der Waals surface area (Å²) < 4.78 is 11.6. The van der Waals surface area contributed by atoms with Crippen molar-refractivity contribution >= 4 is 11.6 Å². The van der Waals surface area contributed by atoms with E-state index >= 15 is 0 Å². The molecule has 2 aliphatic rings. The van der Waals surface area contributed by atoms with Crippen molar-refractivity contribution in [2.45, 2.75) is 51.1 Å². The summed E-state index contributed by atoms with van der Waals surface area (Å²) in [6.07, 6.45) is 5.20. The van der Waals surface area contributed by atoms with E-state index in [1.807, 2.05) is 19.9 Å². The van der Waals surface area contributed by atoms with Gasteiger partial charge in [-0.3, -0.25) is 0 Å². The SMILES string of the molecule is C[C@H]1OC2(C=C(Cl)CCC2)O[C@@H]1C. The molecule has 0 unspecified atom stereocenters. The van der Waals surface area contributed by atoms with Crippen LogP contribution < -0.4 is 0 Å². The maximum absolute atomic E-state index is 5.98. The van der Waals surface area contributed by atoms with Crippen molar-refractivity contribution in [2.75, 3.05) is 0 Å². The van der Waals surface area contributed by atoms with Crippen LogP contribution in [0, 0.1) is 0 Å². The number of halogens is 1. The van der Waals surface area contributed by atoms with E-state index in [1.165, 1.54) is 0 Å². The van der Waals surface area contributed by atoms with Crippen molar-refractivity contribution < 1.29 is 9.47 Å². The second-order valence-corrected chi connectivity index (χ2v) is 4.39. The zero-order valence-electron chi connectivity index (χ0n) is 8.05. The highest BCUT2D eigenvalue weighted by Gasteiger charge is 2.43. The van der Waals surface area contributed by atoms with Crippen LogP contribution in [-0.4, -0.2) is 18.0 Å². The first-order chi connectivity index (χ1) is 6.11. The van der Waals surface area contributed by atoms with Crippen molar-refractivity contribution in [3.63, 3.8) is 0 Å². The van der Waals surface area contributed by atoms with Crippen molar-refractivity contribution in [3.8, 4) is 0 Å². The molecule has 2 nitrogen and oxygen atoms in total. The summed E-state index contributed by atoms with van der Waals surface area (Å²) in [5.41, 5.74) is 0. The van der Waals surface area contributed by atoms with Crippen LogP contribution in [0.3, 0.4) is 0 Å². The molecule has 0 aromatic rings. The van der Waals surface area contributed by atoms with Crippen molar-refractivity contribution in [1.29, 1.82) is 0 Å². The Morgan fingerprint density at radius 3 is 2.54 bits per heavy atom. The smallest absolute Gasteiger partial charge is 0.190 e. The summed E-state index contributed by atoms with van der Waals surface area (Å²) in [5.74, 6) is -0.506. The van der Waals surface area contributed by atoms with Crippen LogP contribution in [-0.2, 0) is 9.47 Å². The first-order valence-electron chi connectivity index (χ1n) is 4.84. The molecule has 2 rings (SSSR count). The predicted octanol–water partition coefficient (Wildman–Crippen LogP) is 2.81. The van der Waals surface area contributed by atoms with Gasteiger partial charge in [-0.2, -0.15) is 0 Å². The Morgan fingerprint density at radius 2 is 2.00 bits per heavy atom. The Kier molecular flexibility index (Phi) is 2.39. The fourth-order valence-electron chi connectivity index (χ4n) is 1.92. The van der Waals surface area contributed by atoms with Crippen LogP contribution in [0.5, 0.6) is 0 Å². The summed E-state index contributed by atoms with van der Waals surface area (Å²) in [7, 11) is 0. The lowest BCUT2D eigenvalue weighted by Gasteiger charge is -2.28. The molecule has 0 radical (unpaired) electrons. The number of hydrogen-bond donors (Lipinski definition) is 0. The molecule has 0 saturated carbocycles. The number of allylic oxidation sites excluding steroid dienone is 1. The monoisotopic (exact) mass is 202 g/mol. The molecule has 0 aromatic heterocycles. The van der Waals surface area contributed by atoms with E-state index in [1.54, 1.807) is 0 Å². The van der Waals surface area contributed by atoms with Gasteiger partial charge in [-0.15, -0.1) is 0 Å². The Morgan fingerprint density at radius 1 is 1.38 bits per heavy atom. The van der Waals surface area contributed by atoms with Crippen LogP contribution in [0.25, 0.3) is 0 Å². The van der Waals surface area contributed by atoms with Crippen molar-refractivity contribution in [2.24, 2.45) is 0 Å². The zero-order chi connectivity index (χ0) is 9.47. The molecule has 1 fully saturated rings. The van der Waals surface area contributed by atoms with Gasteiger partial charge in [0.2, 0.25) is 0 Å². The molecule has 13 heavy (non-hydrogen) atoms. The van der Waals surface area contributed by atoms with Gasteiger partial charge in [0, 0.05) is 11.5 Å². The maximum Gasteiger partial charge on any atom is 0.190 e. The predicted molar refractivity (Wildman–Crippen MR) is 51.6 cm³/mol. The van der Waals surface area contributed by atoms with Crippen LogP contribution in [0.4, 0.5) is 0 Å². The Balaban J connectivity index is 2.18. The van der Waals surface area contributed by atoms with Gasteiger partial charge in [0.1, 0.15) is 0 Å². The third-order valence-corrected chi connectivity index (χ3v) is 3.05. The first kappa shape index (κ1) is 9.50. The zero-order valence-corrected chi connectivity index (χ0v) is 8.80. The molecule has 74 valence electrons. The fraction of sp³-hybridized carbons (Fsp3) is 0.800. The third-order valence-electron chi connectivity index (χ3n) is 2.75. The third kappa shape index (κ3) is 1.76. The minimum absolute atomic E-state index is 0.166. The van der Waals surface area contributed by atoms with E-state index < -0.39 is 5.79 Å². The van der Waals surface area contributed by atoms with Crippen LogP contribution in [0.2, 0.25) is 0 Å². The molecule has 0 N–H and O–H groups in total. The lowest BCUT2D eigenvalue weighted by Crippen LogP contribution is -2.30. The minimum Gasteiger partial charge on any atom is -0.341 e. The summed E-state index contributed by atoms with van der Waals surface area (Å²) in [4.78, 5) is 0. The number of hydrogen-bond acceptors (Lipinski definition) is 2. The molecule has 0 bridgehead atoms. The van der Waals surface area contributed by atoms with Gasteiger partial charge in [-0.1, -0.05) is 11.6 Å². The molecule has 3 heteroatoms. The highest BCUT2D eigenvalue weighted by atomic mass is 35.5. The van der Waals surface area contributed by atoms with E-state index in [2.05, 4.69) is 0 Å². The highest BCUT2D eigenvalue weighted by Crippen LogP contribution is 2.39. The summed E-state index contributed by atoms with van der Waals surface area (Å²) >= 11 is 5.98. The van der Waals surface area contributed by atoms with Gasteiger partial charge < -0.3 is 9.47 Å². The molecule has 2 atom stereocenters. The second-order valence-electron chi connectivity index (χ2n) is 3.90. The molecule has 1 saturated heterocycles. The molecule has 0 amide bonds. The van der Waals surface area contributed by atoms with Gasteiger partial charge in [-0.05, 0) is 32.8 Å². The van der Waals surface area contributed by atoms with Crippen LogP contribution >= 0.6 is 11.6 Å². The summed E-state index contributed by atoms with van der Waals surface area (Å²) in [6, 6.07) is 0. The normalized spacial score (nSPS) is 37.9. The Bertz CT molecular complexity index is 227. The van der Waals surface area contributed by atoms with Gasteiger partial charge in [0.25, 0.3) is 0 Å². The largest absolute Gasteiger partial charge is 0.341 e. The maximum atomic E-state index is 5.98. The summed E-state index contributed by atoms with van der Waals surface area (Å²) in [5, 5.41) is 0.868. The van der Waals surface area contributed by atoms with E-state index in [0.29, 0.717) is 0 Å². The number of rotatable bonds is 0. The molecule has 1 aliphatic carbocycles. The van der Waals surface area contributed by atoms with Gasteiger partial charge in [0.05, 0.1) is 12.2 Å². The first-order valence-corrected chi connectivity index (χ1v) is 5.22.